The van der Waals surface area contributed by atoms with Gasteiger partial charge in [-0.15, -0.1) is 0 Å². The Morgan fingerprint density at radius 3 is 2.68 bits per heavy atom. The molecular formula is C14H19ClN2O2. The molecule has 0 saturated heterocycles. The number of halogens is 1. The number of carbonyl (C=O) groups excluding carboxylic acids is 1. The van der Waals surface area contributed by atoms with Gasteiger partial charge in [-0.2, -0.15) is 0 Å². The lowest BCUT2D eigenvalue weighted by Crippen LogP contribution is -2.53. The molecule has 0 atom stereocenters. The maximum atomic E-state index is 11.8. The summed E-state index contributed by atoms with van der Waals surface area (Å²) in [4.78, 5) is 11.8. The minimum absolute atomic E-state index is 0.216. The fraction of sp³-hybridized carbons (Fsp3) is 0.500. The van der Waals surface area contributed by atoms with Crippen LogP contribution >= 0.6 is 11.6 Å². The quantitative estimate of drug-likeness (QED) is 0.892. The number of hydrogen-bond acceptors (Lipinski definition) is 3. The van der Waals surface area contributed by atoms with Gasteiger partial charge in [-0.1, -0.05) is 17.7 Å². The lowest BCUT2D eigenvalue weighted by molar-refractivity contribution is -0.124. The first-order valence-corrected chi connectivity index (χ1v) is 6.80. The van der Waals surface area contributed by atoms with E-state index in [-0.39, 0.29) is 12.0 Å². The molecule has 4 nitrogen and oxygen atoms in total. The van der Waals surface area contributed by atoms with Gasteiger partial charge in [-0.25, -0.2) is 0 Å². The first kappa shape index (κ1) is 14.2. The molecule has 3 N–H and O–H groups in total. The highest BCUT2D eigenvalue weighted by molar-refractivity contribution is 6.30. The van der Waals surface area contributed by atoms with Crippen molar-refractivity contribution in [2.24, 2.45) is 5.73 Å². The summed E-state index contributed by atoms with van der Waals surface area (Å²) in [5, 5.41) is 3.90. The van der Waals surface area contributed by atoms with Crippen molar-refractivity contribution in [2.45, 2.75) is 37.3 Å². The zero-order valence-corrected chi connectivity index (χ0v) is 11.7. The molecule has 5 heteroatoms. The Balaban J connectivity index is 2.15. The van der Waals surface area contributed by atoms with Crippen LogP contribution in [-0.4, -0.2) is 24.7 Å². The molecular weight excluding hydrogens is 264 g/mol. The Kier molecular flexibility index (Phi) is 4.32. The first-order chi connectivity index (χ1) is 9.05. The van der Waals surface area contributed by atoms with Gasteiger partial charge in [0.1, 0.15) is 5.54 Å². The van der Waals surface area contributed by atoms with E-state index < -0.39 is 5.54 Å². The topological polar surface area (TPSA) is 64.3 Å². The van der Waals surface area contributed by atoms with E-state index in [0.717, 1.165) is 18.5 Å². The van der Waals surface area contributed by atoms with Crippen molar-refractivity contribution in [3.8, 4) is 0 Å². The Morgan fingerprint density at radius 1 is 1.47 bits per heavy atom. The molecule has 104 valence electrons. The Hall–Kier alpha value is -1.26. The fourth-order valence-corrected chi connectivity index (χ4v) is 2.79. The SMILES string of the molecule is COC1CCC(Nc2cccc(Cl)c2)(C(N)=O)CC1. The molecule has 0 aliphatic heterocycles. The van der Waals surface area contributed by atoms with Crippen LogP contribution in [0.3, 0.4) is 0 Å². The van der Waals surface area contributed by atoms with Crippen molar-refractivity contribution in [2.75, 3.05) is 12.4 Å². The van der Waals surface area contributed by atoms with Crippen molar-refractivity contribution in [3.63, 3.8) is 0 Å². The number of primary amides is 1. The van der Waals surface area contributed by atoms with Gasteiger partial charge in [0.15, 0.2) is 0 Å². The third kappa shape index (κ3) is 3.19. The molecule has 1 aromatic carbocycles. The van der Waals surface area contributed by atoms with E-state index in [2.05, 4.69) is 5.32 Å². The predicted octanol–water partition coefficient (Wildman–Crippen LogP) is 2.57. The van der Waals surface area contributed by atoms with Crippen LogP contribution in [-0.2, 0) is 9.53 Å². The number of methoxy groups -OCH3 is 1. The van der Waals surface area contributed by atoms with Gasteiger partial charge in [0, 0.05) is 17.8 Å². The highest BCUT2D eigenvalue weighted by Crippen LogP contribution is 2.33. The largest absolute Gasteiger partial charge is 0.381 e. The lowest BCUT2D eigenvalue weighted by Gasteiger charge is -2.38. The summed E-state index contributed by atoms with van der Waals surface area (Å²) in [6, 6.07) is 7.33. The normalized spacial score (nSPS) is 26.9. The molecule has 0 radical (unpaired) electrons. The highest BCUT2D eigenvalue weighted by atomic mass is 35.5. The van der Waals surface area contributed by atoms with E-state index in [1.54, 1.807) is 19.2 Å². The molecule has 1 aromatic rings. The minimum Gasteiger partial charge on any atom is -0.381 e. The summed E-state index contributed by atoms with van der Waals surface area (Å²) < 4.78 is 5.33. The number of nitrogens with two attached hydrogens (primary N) is 1. The third-order valence-corrected chi connectivity index (χ3v) is 4.03. The van der Waals surface area contributed by atoms with Crippen LogP contribution in [0.5, 0.6) is 0 Å². The third-order valence-electron chi connectivity index (χ3n) is 3.80. The van der Waals surface area contributed by atoms with Gasteiger partial charge in [0.2, 0.25) is 5.91 Å². The number of amides is 1. The number of ether oxygens (including phenoxy) is 1. The second-order valence-electron chi connectivity index (χ2n) is 5.02. The summed E-state index contributed by atoms with van der Waals surface area (Å²) in [5.41, 5.74) is 5.73. The number of carbonyl (C=O) groups is 1. The van der Waals surface area contributed by atoms with E-state index in [1.165, 1.54) is 0 Å². The van der Waals surface area contributed by atoms with Gasteiger partial charge in [0.25, 0.3) is 0 Å². The molecule has 1 fully saturated rings. The van der Waals surface area contributed by atoms with E-state index in [4.69, 9.17) is 22.1 Å². The summed E-state index contributed by atoms with van der Waals surface area (Å²) in [5.74, 6) is -0.318. The molecule has 1 amide bonds. The molecule has 0 unspecified atom stereocenters. The van der Waals surface area contributed by atoms with Gasteiger partial charge < -0.3 is 15.8 Å². The first-order valence-electron chi connectivity index (χ1n) is 6.42. The summed E-state index contributed by atoms with van der Waals surface area (Å²) >= 11 is 5.96. The summed E-state index contributed by atoms with van der Waals surface area (Å²) in [7, 11) is 1.70. The zero-order valence-electron chi connectivity index (χ0n) is 11.0. The molecule has 19 heavy (non-hydrogen) atoms. The van der Waals surface area contributed by atoms with Crippen molar-refractivity contribution < 1.29 is 9.53 Å². The van der Waals surface area contributed by atoms with Gasteiger partial charge in [-0.05, 0) is 43.9 Å². The minimum atomic E-state index is -0.695. The maximum absolute atomic E-state index is 11.8. The predicted molar refractivity (Wildman–Crippen MR) is 76.3 cm³/mol. The fourth-order valence-electron chi connectivity index (χ4n) is 2.60. The molecule has 0 aromatic heterocycles. The highest BCUT2D eigenvalue weighted by Gasteiger charge is 2.40. The number of rotatable bonds is 4. The molecule has 1 saturated carbocycles. The van der Waals surface area contributed by atoms with Crippen LogP contribution in [0.2, 0.25) is 5.02 Å². The Bertz CT molecular complexity index is 457. The van der Waals surface area contributed by atoms with Crippen LogP contribution in [0.15, 0.2) is 24.3 Å². The molecule has 0 bridgehead atoms. The number of anilines is 1. The summed E-state index contributed by atoms with van der Waals surface area (Å²) in [6.45, 7) is 0. The van der Waals surface area contributed by atoms with Crippen LogP contribution in [0.1, 0.15) is 25.7 Å². The van der Waals surface area contributed by atoms with Crippen LogP contribution < -0.4 is 11.1 Å². The van der Waals surface area contributed by atoms with Crippen molar-refractivity contribution in [1.29, 1.82) is 0 Å². The van der Waals surface area contributed by atoms with E-state index in [9.17, 15) is 4.79 Å². The second kappa shape index (κ2) is 5.80. The standard InChI is InChI=1S/C14H19ClN2O2/c1-19-12-5-7-14(8-6-12,13(16)18)17-11-4-2-3-10(15)9-11/h2-4,9,12,17H,5-8H2,1H3,(H2,16,18). The van der Waals surface area contributed by atoms with Crippen LogP contribution in [0, 0.1) is 0 Å². The monoisotopic (exact) mass is 282 g/mol. The van der Waals surface area contributed by atoms with Crippen molar-refractivity contribution in [1.82, 2.24) is 0 Å². The number of hydrogen-bond donors (Lipinski definition) is 2. The maximum Gasteiger partial charge on any atom is 0.243 e. The Labute approximate surface area is 118 Å². The van der Waals surface area contributed by atoms with Crippen LogP contribution in [0.4, 0.5) is 5.69 Å². The number of nitrogens with one attached hydrogen (secondary N) is 1. The second-order valence-corrected chi connectivity index (χ2v) is 5.45. The van der Waals surface area contributed by atoms with E-state index >= 15 is 0 Å². The average molecular weight is 283 g/mol. The van der Waals surface area contributed by atoms with E-state index in [1.807, 2.05) is 12.1 Å². The lowest BCUT2D eigenvalue weighted by atomic mass is 9.79. The smallest absolute Gasteiger partial charge is 0.243 e. The molecule has 1 aliphatic carbocycles. The van der Waals surface area contributed by atoms with E-state index in [0.29, 0.717) is 17.9 Å². The van der Waals surface area contributed by atoms with Gasteiger partial charge in [-0.3, -0.25) is 4.79 Å². The number of benzene rings is 1. The van der Waals surface area contributed by atoms with Crippen molar-refractivity contribution in [3.05, 3.63) is 29.3 Å². The van der Waals surface area contributed by atoms with Gasteiger partial charge >= 0.3 is 0 Å². The Morgan fingerprint density at radius 2 is 2.16 bits per heavy atom. The average Bonchev–Trinajstić information content (AvgIpc) is 2.39. The summed E-state index contributed by atoms with van der Waals surface area (Å²) in [6.07, 6.45) is 3.22. The van der Waals surface area contributed by atoms with Crippen molar-refractivity contribution >= 4 is 23.2 Å². The molecule has 2 rings (SSSR count). The molecule has 0 heterocycles. The zero-order chi connectivity index (χ0) is 13.9. The molecule has 0 spiro atoms. The molecule has 1 aliphatic rings. The van der Waals surface area contributed by atoms with Crippen LogP contribution in [0.25, 0.3) is 0 Å². The van der Waals surface area contributed by atoms with Gasteiger partial charge in [0.05, 0.1) is 6.10 Å².